The number of fused-ring (bicyclic) bond motifs is 1. The maximum absolute atomic E-state index is 13.2. The van der Waals surface area contributed by atoms with Crippen LogP contribution in [0.3, 0.4) is 0 Å². The summed E-state index contributed by atoms with van der Waals surface area (Å²) in [7, 11) is 0. The summed E-state index contributed by atoms with van der Waals surface area (Å²) in [5.74, 6) is -0.200. The molecule has 2 aromatic heterocycles. The molecule has 0 spiro atoms. The van der Waals surface area contributed by atoms with Crippen LogP contribution in [0.4, 0.5) is 4.39 Å². The van der Waals surface area contributed by atoms with E-state index in [-0.39, 0.29) is 5.82 Å². The summed E-state index contributed by atoms with van der Waals surface area (Å²) in [4.78, 5) is 4.13. The van der Waals surface area contributed by atoms with Gasteiger partial charge in [0.2, 0.25) is 0 Å². The van der Waals surface area contributed by atoms with Gasteiger partial charge >= 0.3 is 0 Å². The number of para-hydroxylation sites is 1. The lowest BCUT2D eigenvalue weighted by molar-refractivity contribution is 0.626. The minimum atomic E-state index is -0.200. The molecule has 4 heteroatoms. The van der Waals surface area contributed by atoms with E-state index < -0.39 is 0 Å². The molecule has 0 amide bonds. The summed E-state index contributed by atoms with van der Waals surface area (Å²) < 4.78 is 17.5. The van der Waals surface area contributed by atoms with Crippen molar-refractivity contribution in [3.05, 3.63) is 89.9 Å². The molecule has 0 radical (unpaired) electrons. The number of hydrogen-bond donors (Lipinski definition) is 0. The quantitative estimate of drug-likeness (QED) is 0.547. The van der Waals surface area contributed by atoms with Gasteiger partial charge in [-0.25, -0.2) is 9.37 Å². The van der Waals surface area contributed by atoms with Crippen LogP contribution in [0.1, 0.15) is 16.8 Å². The molecular formula is C20H18FN3. The Morgan fingerprint density at radius 1 is 1.00 bits per heavy atom. The zero-order valence-electron chi connectivity index (χ0n) is 13.5. The Morgan fingerprint density at radius 3 is 2.54 bits per heavy atom. The number of rotatable bonds is 4. The van der Waals surface area contributed by atoms with Crippen molar-refractivity contribution < 1.29 is 4.39 Å². The van der Waals surface area contributed by atoms with E-state index in [4.69, 9.17) is 0 Å². The van der Waals surface area contributed by atoms with Crippen LogP contribution in [0, 0.1) is 12.7 Å². The van der Waals surface area contributed by atoms with Gasteiger partial charge in [-0.3, -0.25) is 0 Å². The molecule has 0 unspecified atom stereocenters. The van der Waals surface area contributed by atoms with Crippen LogP contribution >= 0.6 is 0 Å². The van der Waals surface area contributed by atoms with E-state index in [1.54, 1.807) is 6.20 Å². The lowest BCUT2D eigenvalue weighted by atomic mass is 10.1. The highest BCUT2D eigenvalue weighted by Crippen LogP contribution is 2.27. The lowest BCUT2D eigenvalue weighted by Crippen LogP contribution is -2.04. The maximum atomic E-state index is 13.2. The van der Waals surface area contributed by atoms with E-state index in [2.05, 4.69) is 45.3 Å². The highest BCUT2D eigenvalue weighted by Gasteiger charge is 2.14. The molecule has 4 rings (SSSR count). The molecule has 2 heterocycles. The van der Waals surface area contributed by atoms with Crippen molar-refractivity contribution in [2.45, 2.75) is 20.0 Å². The standard InChI is InChI=1S/C20H18FN3/c1-15-19(13-23-11-10-22-14-23)18-4-2-3-5-20(18)24(15)12-16-6-8-17(21)9-7-16/h2-11,14H,12-13H2,1H3. The Hall–Kier alpha value is -2.88. The SMILES string of the molecule is Cc1c(Cn2ccnc2)c2ccccc2n1Cc1ccc(F)cc1. The molecule has 24 heavy (non-hydrogen) atoms. The fourth-order valence-corrected chi connectivity index (χ4v) is 3.24. The van der Waals surface area contributed by atoms with Crippen LogP contribution in [-0.2, 0) is 13.1 Å². The van der Waals surface area contributed by atoms with Gasteiger partial charge < -0.3 is 9.13 Å². The van der Waals surface area contributed by atoms with Crippen molar-refractivity contribution in [2.24, 2.45) is 0 Å². The Morgan fingerprint density at radius 2 is 1.79 bits per heavy atom. The zero-order chi connectivity index (χ0) is 16.5. The predicted molar refractivity (Wildman–Crippen MR) is 93.5 cm³/mol. The molecule has 0 atom stereocenters. The van der Waals surface area contributed by atoms with Crippen molar-refractivity contribution in [3.63, 3.8) is 0 Å². The second kappa shape index (κ2) is 5.96. The summed E-state index contributed by atoms with van der Waals surface area (Å²) in [6, 6.07) is 15.2. The van der Waals surface area contributed by atoms with Crippen LogP contribution in [0.5, 0.6) is 0 Å². The number of hydrogen-bond acceptors (Lipinski definition) is 1. The van der Waals surface area contributed by atoms with Gasteiger partial charge in [0.15, 0.2) is 0 Å². The van der Waals surface area contributed by atoms with E-state index in [1.807, 2.05) is 24.7 Å². The van der Waals surface area contributed by atoms with E-state index in [9.17, 15) is 4.39 Å². The third-order valence-electron chi connectivity index (χ3n) is 4.52. The highest BCUT2D eigenvalue weighted by atomic mass is 19.1. The van der Waals surface area contributed by atoms with Crippen LogP contribution in [-0.4, -0.2) is 14.1 Å². The normalized spacial score (nSPS) is 11.2. The Labute approximate surface area is 140 Å². The summed E-state index contributed by atoms with van der Waals surface area (Å²) >= 11 is 0. The molecule has 3 nitrogen and oxygen atoms in total. The lowest BCUT2D eigenvalue weighted by Gasteiger charge is -2.09. The first-order valence-electron chi connectivity index (χ1n) is 7.99. The first-order chi connectivity index (χ1) is 11.7. The zero-order valence-corrected chi connectivity index (χ0v) is 13.5. The Bertz CT molecular complexity index is 966. The fourth-order valence-electron chi connectivity index (χ4n) is 3.24. The van der Waals surface area contributed by atoms with Gasteiger partial charge in [0.05, 0.1) is 12.9 Å². The average Bonchev–Trinajstić information content (AvgIpc) is 3.20. The predicted octanol–water partition coefficient (Wildman–Crippen LogP) is 4.38. The monoisotopic (exact) mass is 319 g/mol. The number of imidazole rings is 1. The van der Waals surface area contributed by atoms with Crippen molar-refractivity contribution in [2.75, 3.05) is 0 Å². The summed E-state index contributed by atoms with van der Waals surface area (Å²) in [5, 5.41) is 1.26. The minimum Gasteiger partial charge on any atom is -0.340 e. The first-order valence-corrected chi connectivity index (χ1v) is 7.99. The largest absolute Gasteiger partial charge is 0.340 e. The molecule has 0 N–H and O–H groups in total. The number of nitrogens with zero attached hydrogens (tertiary/aromatic N) is 3. The Kier molecular flexibility index (Phi) is 3.65. The number of halogens is 1. The summed E-state index contributed by atoms with van der Waals surface area (Å²) in [6.07, 6.45) is 5.62. The van der Waals surface area contributed by atoms with Crippen molar-refractivity contribution >= 4 is 10.9 Å². The van der Waals surface area contributed by atoms with Gasteiger partial charge in [0.25, 0.3) is 0 Å². The average molecular weight is 319 g/mol. The third kappa shape index (κ3) is 2.60. The third-order valence-corrected chi connectivity index (χ3v) is 4.52. The fraction of sp³-hybridized carbons (Fsp3) is 0.150. The van der Waals surface area contributed by atoms with Gasteiger partial charge in [0, 0.05) is 41.1 Å². The molecule has 0 saturated carbocycles. The second-order valence-electron chi connectivity index (χ2n) is 6.03. The molecule has 0 aliphatic carbocycles. The minimum absolute atomic E-state index is 0.200. The molecule has 2 aromatic carbocycles. The molecule has 120 valence electrons. The number of benzene rings is 2. The van der Waals surface area contributed by atoms with E-state index in [0.29, 0.717) is 0 Å². The highest BCUT2D eigenvalue weighted by molar-refractivity contribution is 5.85. The van der Waals surface area contributed by atoms with Gasteiger partial charge in [0.1, 0.15) is 5.82 Å². The topological polar surface area (TPSA) is 22.8 Å². The van der Waals surface area contributed by atoms with Gasteiger partial charge in [-0.05, 0) is 30.7 Å². The first kappa shape index (κ1) is 14.7. The molecule has 0 saturated heterocycles. The van der Waals surface area contributed by atoms with Crippen molar-refractivity contribution in [3.8, 4) is 0 Å². The summed E-state index contributed by atoms with van der Waals surface area (Å²) in [6.45, 7) is 3.68. The van der Waals surface area contributed by atoms with Gasteiger partial charge in [-0.15, -0.1) is 0 Å². The molecule has 0 aliphatic rings. The Balaban J connectivity index is 1.80. The number of aromatic nitrogens is 3. The van der Waals surface area contributed by atoms with Crippen molar-refractivity contribution in [1.29, 1.82) is 0 Å². The molecule has 4 aromatic rings. The molecule has 0 fully saturated rings. The summed E-state index contributed by atoms with van der Waals surface area (Å²) in [5.41, 5.74) is 4.82. The van der Waals surface area contributed by atoms with E-state index >= 15 is 0 Å². The van der Waals surface area contributed by atoms with Gasteiger partial charge in [-0.1, -0.05) is 30.3 Å². The van der Waals surface area contributed by atoms with Crippen LogP contribution in [0.2, 0.25) is 0 Å². The van der Waals surface area contributed by atoms with Crippen molar-refractivity contribution in [1.82, 2.24) is 14.1 Å². The smallest absolute Gasteiger partial charge is 0.123 e. The second-order valence-corrected chi connectivity index (χ2v) is 6.03. The van der Waals surface area contributed by atoms with Gasteiger partial charge in [-0.2, -0.15) is 0 Å². The van der Waals surface area contributed by atoms with E-state index in [0.717, 1.165) is 18.7 Å². The molecular weight excluding hydrogens is 301 g/mol. The maximum Gasteiger partial charge on any atom is 0.123 e. The van der Waals surface area contributed by atoms with Crippen LogP contribution in [0.25, 0.3) is 10.9 Å². The molecule has 0 aliphatic heterocycles. The van der Waals surface area contributed by atoms with E-state index in [1.165, 1.54) is 34.3 Å². The van der Waals surface area contributed by atoms with Crippen LogP contribution < -0.4 is 0 Å². The molecule has 0 bridgehead atoms. The van der Waals surface area contributed by atoms with Crippen LogP contribution in [0.15, 0.2) is 67.3 Å².